The molecule has 20 heavy (non-hydrogen) atoms. The highest BCUT2D eigenvalue weighted by Gasteiger charge is 2.14. The van der Waals surface area contributed by atoms with Gasteiger partial charge in [-0.05, 0) is 18.2 Å². The highest BCUT2D eigenvalue weighted by Crippen LogP contribution is 2.16. The molecule has 8 heteroatoms. The van der Waals surface area contributed by atoms with Crippen molar-refractivity contribution in [3.8, 4) is 0 Å². The van der Waals surface area contributed by atoms with Crippen LogP contribution in [0.4, 0.5) is 0 Å². The fraction of sp³-hybridized carbons (Fsp3) is 0.417. The molecule has 0 spiro atoms. The first-order valence-electron chi connectivity index (χ1n) is 5.73. The van der Waals surface area contributed by atoms with Crippen molar-refractivity contribution < 1.29 is 27.4 Å². The van der Waals surface area contributed by atoms with E-state index in [1.165, 1.54) is 18.2 Å². The van der Waals surface area contributed by atoms with Gasteiger partial charge in [0.2, 0.25) is 0 Å². The molecule has 0 saturated carbocycles. The smallest absolute Gasteiger partial charge is 0.338 e. The number of benzene rings is 1. The molecule has 112 valence electrons. The van der Waals surface area contributed by atoms with Gasteiger partial charge in [0.1, 0.15) is 6.61 Å². The van der Waals surface area contributed by atoms with Crippen molar-refractivity contribution in [3.05, 3.63) is 29.8 Å². The van der Waals surface area contributed by atoms with Gasteiger partial charge in [-0.3, -0.25) is 0 Å². The normalized spacial score (nSPS) is 11.3. The predicted octanol–water partition coefficient (Wildman–Crippen LogP) is 1.43. The third-order valence-corrected chi connectivity index (χ3v) is 3.60. The summed E-state index contributed by atoms with van der Waals surface area (Å²) in [7, 11) is 2.89. The molecule has 0 atom stereocenters. The second-order valence-corrected chi connectivity index (χ2v) is 6.27. The number of ether oxygens (including phenoxy) is 3. The van der Waals surface area contributed by atoms with Gasteiger partial charge in [0.25, 0.3) is 9.05 Å². The van der Waals surface area contributed by atoms with Crippen LogP contribution in [0.2, 0.25) is 0 Å². The molecule has 1 rings (SSSR count). The summed E-state index contributed by atoms with van der Waals surface area (Å²) >= 11 is 0. The van der Waals surface area contributed by atoms with Crippen LogP contribution in [0.25, 0.3) is 0 Å². The van der Waals surface area contributed by atoms with E-state index in [2.05, 4.69) is 0 Å². The van der Waals surface area contributed by atoms with Crippen molar-refractivity contribution in [2.75, 3.05) is 33.5 Å². The Labute approximate surface area is 122 Å². The number of hydrogen-bond acceptors (Lipinski definition) is 6. The second-order valence-electron chi connectivity index (χ2n) is 3.71. The molecule has 1 aromatic carbocycles. The molecule has 0 aliphatic carbocycles. The average Bonchev–Trinajstić information content (AvgIpc) is 2.41. The number of methoxy groups -OCH3 is 1. The SMILES string of the molecule is COCCOCCOC(=O)c1cccc(S(=O)(=O)Cl)c1. The van der Waals surface area contributed by atoms with E-state index < -0.39 is 15.0 Å². The lowest BCUT2D eigenvalue weighted by molar-refractivity contribution is 0.0213. The maximum Gasteiger partial charge on any atom is 0.338 e. The number of hydrogen-bond donors (Lipinski definition) is 0. The van der Waals surface area contributed by atoms with Gasteiger partial charge < -0.3 is 14.2 Å². The van der Waals surface area contributed by atoms with E-state index in [1.54, 1.807) is 7.11 Å². The van der Waals surface area contributed by atoms with Gasteiger partial charge in [0.15, 0.2) is 0 Å². The van der Waals surface area contributed by atoms with Crippen molar-refractivity contribution in [1.82, 2.24) is 0 Å². The molecule has 0 bridgehead atoms. The zero-order valence-corrected chi connectivity index (χ0v) is 12.4. The van der Waals surface area contributed by atoms with Crippen molar-refractivity contribution in [2.24, 2.45) is 0 Å². The van der Waals surface area contributed by atoms with Gasteiger partial charge in [-0.1, -0.05) is 6.07 Å². The van der Waals surface area contributed by atoms with Crippen LogP contribution in [0.5, 0.6) is 0 Å². The molecule has 0 unspecified atom stereocenters. The summed E-state index contributed by atoms with van der Waals surface area (Å²) in [4.78, 5) is 11.5. The van der Waals surface area contributed by atoms with Gasteiger partial charge >= 0.3 is 5.97 Å². The fourth-order valence-corrected chi connectivity index (χ4v) is 2.09. The van der Waals surface area contributed by atoms with E-state index in [0.717, 1.165) is 6.07 Å². The van der Waals surface area contributed by atoms with E-state index in [-0.39, 0.29) is 23.7 Å². The Bertz CT molecular complexity index is 543. The molecule has 0 fully saturated rings. The summed E-state index contributed by atoms with van der Waals surface area (Å²) in [5, 5.41) is 0. The fourth-order valence-electron chi connectivity index (χ4n) is 1.30. The second kappa shape index (κ2) is 8.21. The standard InChI is InChI=1S/C12H15ClO6S/c1-17-5-6-18-7-8-19-12(14)10-3-2-4-11(9-10)20(13,15)16/h2-4,9H,5-8H2,1H3. The van der Waals surface area contributed by atoms with Crippen LogP contribution in [0, 0.1) is 0 Å². The molecule has 1 aromatic rings. The van der Waals surface area contributed by atoms with Gasteiger partial charge in [-0.2, -0.15) is 0 Å². The Kier molecular flexibility index (Phi) is 6.94. The number of carbonyl (C=O) groups excluding carboxylic acids is 1. The molecule has 0 aromatic heterocycles. The number of carbonyl (C=O) groups is 1. The zero-order chi connectivity index (χ0) is 15.0. The van der Waals surface area contributed by atoms with Crippen molar-refractivity contribution in [3.63, 3.8) is 0 Å². The van der Waals surface area contributed by atoms with Crippen LogP contribution in [-0.2, 0) is 23.3 Å². The molecule has 0 heterocycles. The molecule has 0 aliphatic heterocycles. The van der Waals surface area contributed by atoms with Crippen LogP contribution in [0.1, 0.15) is 10.4 Å². The summed E-state index contributed by atoms with van der Waals surface area (Å²) in [6.45, 7) is 1.18. The van der Waals surface area contributed by atoms with E-state index in [9.17, 15) is 13.2 Å². The molecule has 0 aliphatic rings. The number of halogens is 1. The quantitative estimate of drug-likeness (QED) is 0.409. The summed E-state index contributed by atoms with van der Waals surface area (Å²) < 4.78 is 37.1. The summed E-state index contributed by atoms with van der Waals surface area (Å²) in [6, 6.07) is 5.32. The highest BCUT2D eigenvalue weighted by molar-refractivity contribution is 8.13. The largest absolute Gasteiger partial charge is 0.460 e. The molecule has 6 nitrogen and oxygen atoms in total. The maximum absolute atomic E-state index is 11.7. The molecule has 0 saturated heterocycles. The molecule has 0 N–H and O–H groups in total. The van der Waals surface area contributed by atoms with E-state index in [0.29, 0.717) is 13.2 Å². The Balaban J connectivity index is 2.48. The van der Waals surface area contributed by atoms with E-state index >= 15 is 0 Å². The van der Waals surface area contributed by atoms with Crippen molar-refractivity contribution in [1.29, 1.82) is 0 Å². The monoisotopic (exact) mass is 322 g/mol. The first-order valence-corrected chi connectivity index (χ1v) is 8.04. The van der Waals surface area contributed by atoms with E-state index in [4.69, 9.17) is 24.9 Å². The van der Waals surface area contributed by atoms with Crippen LogP contribution in [-0.4, -0.2) is 47.9 Å². The van der Waals surface area contributed by atoms with Crippen LogP contribution < -0.4 is 0 Å². The lowest BCUT2D eigenvalue weighted by atomic mass is 10.2. The minimum atomic E-state index is -3.87. The average molecular weight is 323 g/mol. The predicted molar refractivity (Wildman–Crippen MR) is 72.5 cm³/mol. The van der Waals surface area contributed by atoms with Crippen molar-refractivity contribution >= 4 is 25.7 Å². The van der Waals surface area contributed by atoms with Gasteiger partial charge in [0.05, 0.1) is 30.3 Å². The first kappa shape index (κ1) is 16.9. The Morgan fingerprint density at radius 2 is 1.90 bits per heavy atom. The number of esters is 1. The Morgan fingerprint density at radius 3 is 2.55 bits per heavy atom. The highest BCUT2D eigenvalue weighted by atomic mass is 35.7. The Hall–Kier alpha value is -1.15. The van der Waals surface area contributed by atoms with Crippen LogP contribution in [0.3, 0.4) is 0 Å². The van der Waals surface area contributed by atoms with Crippen molar-refractivity contribution in [2.45, 2.75) is 4.90 Å². The topological polar surface area (TPSA) is 78.9 Å². The van der Waals surface area contributed by atoms with Crippen LogP contribution >= 0.6 is 10.7 Å². The first-order chi connectivity index (χ1) is 9.45. The summed E-state index contributed by atoms with van der Waals surface area (Å²) in [5.41, 5.74) is 0.114. The lowest BCUT2D eigenvalue weighted by Gasteiger charge is -2.06. The number of rotatable bonds is 8. The van der Waals surface area contributed by atoms with Gasteiger partial charge in [0, 0.05) is 17.8 Å². The van der Waals surface area contributed by atoms with Gasteiger partial charge in [-0.15, -0.1) is 0 Å². The zero-order valence-electron chi connectivity index (χ0n) is 10.9. The maximum atomic E-state index is 11.7. The van der Waals surface area contributed by atoms with Crippen LogP contribution in [0.15, 0.2) is 29.2 Å². The molecule has 0 radical (unpaired) electrons. The summed E-state index contributed by atoms with van der Waals surface area (Å²) in [5.74, 6) is -0.637. The molecule has 0 amide bonds. The van der Waals surface area contributed by atoms with Gasteiger partial charge in [-0.25, -0.2) is 13.2 Å². The third-order valence-electron chi connectivity index (χ3n) is 2.24. The lowest BCUT2D eigenvalue weighted by Crippen LogP contribution is -2.12. The molecular formula is C12H15ClO6S. The molecular weight excluding hydrogens is 308 g/mol. The third kappa shape index (κ3) is 5.87. The minimum absolute atomic E-state index is 0.0698. The Morgan fingerprint density at radius 1 is 1.20 bits per heavy atom. The minimum Gasteiger partial charge on any atom is -0.460 e. The van der Waals surface area contributed by atoms with E-state index in [1.807, 2.05) is 0 Å². The summed E-state index contributed by atoms with van der Waals surface area (Å²) in [6.07, 6.45) is 0.